The summed E-state index contributed by atoms with van der Waals surface area (Å²) < 4.78 is 15.6. The van der Waals surface area contributed by atoms with Crippen molar-refractivity contribution in [2.45, 2.75) is 71.2 Å². The van der Waals surface area contributed by atoms with Crippen molar-refractivity contribution in [2.75, 3.05) is 14.2 Å². The molecular formula is C19H32O5. The van der Waals surface area contributed by atoms with Crippen molar-refractivity contribution in [1.82, 2.24) is 0 Å². The summed E-state index contributed by atoms with van der Waals surface area (Å²) in [5, 5.41) is 0. The number of unbranched alkanes of at least 4 members (excludes halogenated alkanes) is 3. The van der Waals surface area contributed by atoms with Crippen molar-refractivity contribution in [3.63, 3.8) is 0 Å². The highest BCUT2D eigenvalue weighted by atomic mass is 16.7. The van der Waals surface area contributed by atoms with Gasteiger partial charge in [-0.3, -0.25) is 9.59 Å². The molecule has 138 valence electrons. The maximum Gasteiger partial charge on any atom is 0.313 e. The maximum atomic E-state index is 11.9. The molecule has 5 nitrogen and oxygen atoms in total. The molecular weight excluding hydrogens is 308 g/mol. The Kier molecular flexibility index (Phi) is 12.1. The van der Waals surface area contributed by atoms with E-state index in [1.54, 1.807) is 21.0 Å². The molecule has 24 heavy (non-hydrogen) atoms. The lowest BCUT2D eigenvalue weighted by Crippen LogP contribution is -2.33. The standard InChI is InChI=1S/C19H32O5/c1-6-7-8-9-10-11-12-13-17(24-19(2,3)23-5)14-16(20)15-18(21)22-4/h10-13,17H,6-9,14-15H2,1-5H3. The molecule has 0 aliphatic heterocycles. The van der Waals surface area contributed by atoms with E-state index in [-0.39, 0.29) is 18.6 Å². The predicted octanol–water partition coefficient (Wildman–Crippen LogP) is 3.97. The number of allylic oxidation sites excluding steroid dienone is 3. The smallest absolute Gasteiger partial charge is 0.313 e. The number of rotatable bonds is 13. The first-order valence-electron chi connectivity index (χ1n) is 8.49. The number of hydrogen-bond acceptors (Lipinski definition) is 5. The van der Waals surface area contributed by atoms with Gasteiger partial charge in [0.15, 0.2) is 5.79 Å². The zero-order valence-corrected chi connectivity index (χ0v) is 15.7. The molecule has 0 radical (unpaired) electrons. The summed E-state index contributed by atoms with van der Waals surface area (Å²) >= 11 is 0. The van der Waals surface area contributed by atoms with Crippen LogP contribution in [0.4, 0.5) is 0 Å². The molecule has 0 spiro atoms. The van der Waals surface area contributed by atoms with Crippen molar-refractivity contribution >= 4 is 11.8 Å². The van der Waals surface area contributed by atoms with Crippen LogP contribution in [-0.4, -0.2) is 37.9 Å². The Morgan fingerprint density at radius 2 is 1.83 bits per heavy atom. The second-order valence-corrected chi connectivity index (χ2v) is 6.06. The average molecular weight is 340 g/mol. The SMILES string of the molecule is CCCCCC=CC=CC(CC(=O)CC(=O)OC)OC(C)(C)OC. The highest BCUT2D eigenvalue weighted by molar-refractivity contribution is 5.95. The third-order valence-corrected chi connectivity index (χ3v) is 3.47. The van der Waals surface area contributed by atoms with Crippen LogP contribution in [0.25, 0.3) is 0 Å². The Bertz CT molecular complexity index is 423. The fourth-order valence-electron chi connectivity index (χ4n) is 1.97. The first-order chi connectivity index (χ1) is 11.3. The topological polar surface area (TPSA) is 61.8 Å². The molecule has 0 heterocycles. The predicted molar refractivity (Wildman–Crippen MR) is 94.6 cm³/mol. The van der Waals surface area contributed by atoms with E-state index in [4.69, 9.17) is 9.47 Å². The summed E-state index contributed by atoms with van der Waals surface area (Å²) in [5.41, 5.74) is 0. The summed E-state index contributed by atoms with van der Waals surface area (Å²) in [5.74, 6) is -1.58. The van der Waals surface area contributed by atoms with E-state index >= 15 is 0 Å². The van der Waals surface area contributed by atoms with Gasteiger partial charge in [0, 0.05) is 13.5 Å². The lowest BCUT2D eigenvalue weighted by atomic mass is 10.1. The summed E-state index contributed by atoms with van der Waals surface area (Å²) in [6.07, 6.45) is 11.8. The van der Waals surface area contributed by atoms with E-state index in [0.29, 0.717) is 0 Å². The number of methoxy groups -OCH3 is 2. The minimum absolute atomic E-state index is 0.0993. The summed E-state index contributed by atoms with van der Waals surface area (Å²) in [6, 6.07) is 0. The van der Waals surface area contributed by atoms with Gasteiger partial charge in [0.05, 0.1) is 13.2 Å². The first-order valence-corrected chi connectivity index (χ1v) is 8.49. The number of carbonyl (C=O) groups excluding carboxylic acids is 2. The molecule has 0 amide bonds. The fourth-order valence-corrected chi connectivity index (χ4v) is 1.97. The average Bonchev–Trinajstić information content (AvgIpc) is 2.53. The van der Waals surface area contributed by atoms with Gasteiger partial charge in [0.1, 0.15) is 12.2 Å². The van der Waals surface area contributed by atoms with E-state index in [0.717, 1.165) is 6.42 Å². The van der Waals surface area contributed by atoms with Crippen LogP contribution in [0.3, 0.4) is 0 Å². The van der Waals surface area contributed by atoms with Crippen LogP contribution in [0, 0.1) is 0 Å². The van der Waals surface area contributed by atoms with Gasteiger partial charge < -0.3 is 14.2 Å². The fraction of sp³-hybridized carbons (Fsp3) is 0.684. The second-order valence-electron chi connectivity index (χ2n) is 6.06. The van der Waals surface area contributed by atoms with Gasteiger partial charge in [-0.2, -0.15) is 0 Å². The summed E-state index contributed by atoms with van der Waals surface area (Å²) in [7, 11) is 2.81. The van der Waals surface area contributed by atoms with Gasteiger partial charge in [-0.05, 0) is 26.7 Å². The normalized spacial score (nSPS) is 13.5. The van der Waals surface area contributed by atoms with E-state index in [1.165, 1.54) is 26.4 Å². The van der Waals surface area contributed by atoms with E-state index in [9.17, 15) is 9.59 Å². The van der Waals surface area contributed by atoms with Crippen molar-refractivity contribution in [2.24, 2.45) is 0 Å². The molecule has 0 saturated carbocycles. The number of Topliss-reactive ketones (excluding diaryl/α,β-unsaturated/α-hetero) is 1. The lowest BCUT2D eigenvalue weighted by molar-refractivity contribution is -0.214. The molecule has 5 heteroatoms. The maximum absolute atomic E-state index is 11.9. The van der Waals surface area contributed by atoms with Crippen molar-refractivity contribution in [1.29, 1.82) is 0 Å². The van der Waals surface area contributed by atoms with Crippen LogP contribution < -0.4 is 0 Å². The van der Waals surface area contributed by atoms with Gasteiger partial charge in [-0.1, -0.05) is 44.1 Å². The molecule has 1 unspecified atom stereocenters. The molecule has 0 bridgehead atoms. The third kappa shape index (κ3) is 12.0. The molecule has 0 saturated heterocycles. The number of ether oxygens (including phenoxy) is 3. The monoisotopic (exact) mass is 340 g/mol. The van der Waals surface area contributed by atoms with Crippen LogP contribution in [-0.2, 0) is 23.8 Å². The van der Waals surface area contributed by atoms with E-state index < -0.39 is 17.9 Å². The number of carbonyl (C=O) groups is 2. The molecule has 0 aromatic carbocycles. The van der Waals surface area contributed by atoms with E-state index in [2.05, 4.69) is 17.7 Å². The summed E-state index contributed by atoms with van der Waals surface area (Å²) in [4.78, 5) is 23.1. The zero-order valence-electron chi connectivity index (χ0n) is 15.7. The highest BCUT2D eigenvalue weighted by Gasteiger charge is 2.24. The van der Waals surface area contributed by atoms with Gasteiger partial charge in [-0.15, -0.1) is 0 Å². The largest absolute Gasteiger partial charge is 0.469 e. The summed E-state index contributed by atoms with van der Waals surface area (Å²) in [6.45, 7) is 5.73. The van der Waals surface area contributed by atoms with Crippen LogP contribution in [0.15, 0.2) is 24.3 Å². The molecule has 0 aromatic heterocycles. The van der Waals surface area contributed by atoms with E-state index in [1.807, 2.05) is 18.2 Å². The minimum Gasteiger partial charge on any atom is -0.469 e. The van der Waals surface area contributed by atoms with Gasteiger partial charge in [-0.25, -0.2) is 0 Å². The van der Waals surface area contributed by atoms with Crippen LogP contribution >= 0.6 is 0 Å². The number of hydrogen-bond donors (Lipinski definition) is 0. The molecule has 0 aliphatic carbocycles. The quantitative estimate of drug-likeness (QED) is 0.167. The van der Waals surface area contributed by atoms with Crippen molar-refractivity contribution < 1.29 is 23.8 Å². The molecule has 1 atom stereocenters. The molecule has 0 aromatic rings. The number of esters is 1. The van der Waals surface area contributed by atoms with Gasteiger partial charge >= 0.3 is 5.97 Å². The van der Waals surface area contributed by atoms with Crippen molar-refractivity contribution in [3.05, 3.63) is 24.3 Å². The van der Waals surface area contributed by atoms with Crippen LogP contribution in [0.5, 0.6) is 0 Å². The Hall–Kier alpha value is -1.46. The zero-order chi connectivity index (χ0) is 18.4. The van der Waals surface area contributed by atoms with Crippen molar-refractivity contribution in [3.8, 4) is 0 Å². The third-order valence-electron chi connectivity index (χ3n) is 3.47. The molecule has 0 N–H and O–H groups in total. The Morgan fingerprint density at radius 1 is 1.12 bits per heavy atom. The highest BCUT2D eigenvalue weighted by Crippen LogP contribution is 2.17. The lowest BCUT2D eigenvalue weighted by Gasteiger charge is -2.27. The molecule has 0 rings (SSSR count). The Morgan fingerprint density at radius 3 is 2.42 bits per heavy atom. The Balaban J connectivity index is 4.63. The molecule has 0 aliphatic rings. The Labute approximate surface area is 146 Å². The van der Waals surface area contributed by atoms with Crippen LogP contribution in [0.2, 0.25) is 0 Å². The number of ketones is 1. The second kappa shape index (κ2) is 12.9. The van der Waals surface area contributed by atoms with Gasteiger partial charge in [0.25, 0.3) is 0 Å². The first kappa shape index (κ1) is 22.5. The van der Waals surface area contributed by atoms with Crippen LogP contribution in [0.1, 0.15) is 59.3 Å². The molecule has 0 fully saturated rings. The minimum atomic E-state index is -0.814. The van der Waals surface area contributed by atoms with Gasteiger partial charge in [0.2, 0.25) is 0 Å².